The van der Waals surface area contributed by atoms with Gasteiger partial charge >= 0.3 is 5.97 Å². The van der Waals surface area contributed by atoms with Gasteiger partial charge < -0.3 is 10.4 Å². The largest absolute Gasteiger partial charge is 0.481 e. The van der Waals surface area contributed by atoms with Crippen molar-refractivity contribution in [1.82, 2.24) is 10.2 Å². The van der Waals surface area contributed by atoms with Crippen LogP contribution in [0.1, 0.15) is 20.3 Å². The Morgan fingerprint density at radius 1 is 1.50 bits per heavy atom. The van der Waals surface area contributed by atoms with Gasteiger partial charge in [-0.2, -0.15) is 0 Å². The first-order valence-corrected chi connectivity index (χ1v) is 5.24. The molecule has 0 saturated carbocycles. The fraction of sp³-hybridized carbons (Fsp3) is 0.444. The molecule has 1 aromatic heterocycles. The molecule has 0 amide bonds. The zero-order chi connectivity index (χ0) is 12.3. The Bertz CT molecular complexity index is 410. The Kier molecular flexibility index (Phi) is 3.93. The Balaban J connectivity index is 2.86. The monoisotopic (exact) mass is 263 g/mol. The summed E-state index contributed by atoms with van der Waals surface area (Å²) >= 11 is 11.5. The second kappa shape index (κ2) is 4.84. The lowest BCUT2D eigenvalue weighted by molar-refractivity contribution is -0.137. The van der Waals surface area contributed by atoms with Gasteiger partial charge in [0.05, 0.1) is 12.1 Å². The summed E-state index contributed by atoms with van der Waals surface area (Å²) in [5.41, 5.74) is -0.185. The number of nitrogens with zero attached hydrogens (tertiary/aromatic N) is 2. The minimum Gasteiger partial charge on any atom is -0.481 e. The standard InChI is InChI=1S/C9H11Cl2N3O2/c1-9(2,4-7(15)16)12-5-3-6(10)13-14-8(5)11/h3H,4H2,1-2H3,(H,12,13)(H,15,16). The van der Waals surface area contributed by atoms with Crippen molar-refractivity contribution in [3.63, 3.8) is 0 Å². The summed E-state index contributed by atoms with van der Waals surface area (Å²) in [5, 5.41) is 19.2. The first kappa shape index (κ1) is 13.0. The van der Waals surface area contributed by atoms with E-state index in [9.17, 15) is 4.79 Å². The van der Waals surface area contributed by atoms with Crippen molar-refractivity contribution in [2.45, 2.75) is 25.8 Å². The van der Waals surface area contributed by atoms with Crippen LogP contribution in [-0.4, -0.2) is 26.8 Å². The zero-order valence-corrected chi connectivity index (χ0v) is 10.3. The van der Waals surface area contributed by atoms with Crippen LogP contribution in [0.15, 0.2) is 6.07 Å². The second-order valence-corrected chi connectivity index (χ2v) is 4.70. The SMILES string of the molecule is CC(C)(CC(=O)O)Nc1cc(Cl)nnc1Cl. The normalized spacial score (nSPS) is 11.2. The Hall–Kier alpha value is -1.07. The van der Waals surface area contributed by atoms with E-state index in [2.05, 4.69) is 15.5 Å². The summed E-state index contributed by atoms with van der Waals surface area (Å²) in [4.78, 5) is 10.6. The first-order valence-electron chi connectivity index (χ1n) is 4.49. The van der Waals surface area contributed by atoms with Crippen molar-refractivity contribution >= 4 is 34.9 Å². The Labute approximate surface area is 103 Å². The minimum atomic E-state index is -0.901. The molecule has 7 heteroatoms. The number of carboxylic acid groups (broad SMARTS) is 1. The third-order valence-electron chi connectivity index (χ3n) is 1.79. The third kappa shape index (κ3) is 3.83. The van der Waals surface area contributed by atoms with Crippen LogP contribution < -0.4 is 5.32 Å². The van der Waals surface area contributed by atoms with Crippen molar-refractivity contribution in [1.29, 1.82) is 0 Å². The Morgan fingerprint density at radius 2 is 2.12 bits per heavy atom. The molecular weight excluding hydrogens is 253 g/mol. The molecule has 0 aliphatic carbocycles. The van der Waals surface area contributed by atoms with Crippen molar-refractivity contribution in [2.75, 3.05) is 5.32 Å². The average Bonchev–Trinajstić information content (AvgIpc) is 2.08. The van der Waals surface area contributed by atoms with Crippen LogP contribution >= 0.6 is 23.2 Å². The minimum absolute atomic E-state index is 0.0523. The summed E-state index contributed by atoms with van der Waals surface area (Å²) in [6.07, 6.45) is -0.0523. The van der Waals surface area contributed by atoms with Gasteiger partial charge in [0.1, 0.15) is 0 Å². The number of hydrogen-bond donors (Lipinski definition) is 2. The summed E-state index contributed by atoms with van der Waals surface area (Å²) in [6, 6.07) is 1.50. The van der Waals surface area contributed by atoms with Gasteiger partial charge in [-0.3, -0.25) is 4.79 Å². The van der Waals surface area contributed by atoms with Gasteiger partial charge in [0.2, 0.25) is 0 Å². The lowest BCUT2D eigenvalue weighted by atomic mass is 10.0. The highest BCUT2D eigenvalue weighted by Crippen LogP contribution is 2.25. The molecule has 0 unspecified atom stereocenters. The average molecular weight is 264 g/mol. The van der Waals surface area contributed by atoms with Crippen LogP contribution in [0.2, 0.25) is 10.3 Å². The van der Waals surface area contributed by atoms with Crippen molar-refractivity contribution in [3.05, 3.63) is 16.4 Å². The van der Waals surface area contributed by atoms with Gasteiger partial charge in [0, 0.05) is 11.6 Å². The smallest absolute Gasteiger partial charge is 0.305 e. The molecular formula is C9H11Cl2N3O2. The molecule has 5 nitrogen and oxygen atoms in total. The molecule has 0 aliphatic rings. The zero-order valence-electron chi connectivity index (χ0n) is 8.79. The highest BCUT2D eigenvalue weighted by molar-refractivity contribution is 6.33. The summed E-state index contributed by atoms with van der Waals surface area (Å²) in [5.74, 6) is -0.901. The number of hydrogen-bond acceptors (Lipinski definition) is 4. The van der Waals surface area contributed by atoms with Gasteiger partial charge in [0.15, 0.2) is 10.3 Å². The van der Waals surface area contributed by atoms with Crippen molar-refractivity contribution < 1.29 is 9.90 Å². The lowest BCUT2D eigenvalue weighted by Gasteiger charge is -2.25. The number of carboxylic acids is 1. The van der Waals surface area contributed by atoms with E-state index in [4.69, 9.17) is 28.3 Å². The van der Waals surface area contributed by atoms with E-state index >= 15 is 0 Å². The van der Waals surface area contributed by atoms with Crippen LogP contribution in [0.5, 0.6) is 0 Å². The van der Waals surface area contributed by atoms with Gasteiger partial charge in [-0.15, -0.1) is 10.2 Å². The number of nitrogens with one attached hydrogen (secondary N) is 1. The summed E-state index contributed by atoms with van der Waals surface area (Å²) < 4.78 is 0. The summed E-state index contributed by atoms with van der Waals surface area (Å²) in [7, 11) is 0. The molecule has 0 radical (unpaired) electrons. The van der Waals surface area contributed by atoms with E-state index in [1.807, 2.05) is 0 Å². The molecule has 0 aromatic carbocycles. The highest BCUT2D eigenvalue weighted by atomic mass is 35.5. The van der Waals surface area contributed by atoms with Gasteiger partial charge in [-0.25, -0.2) is 0 Å². The summed E-state index contributed by atoms with van der Waals surface area (Å²) in [6.45, 7) is 3.48. The van der Waals surface area contributed by atoms with Crippen molar-refractivity contribution in [3.8, 4) is 0 Å². The van der Waals surface area contributed by atoms with Gasteiger partial charge in [0.25, 0.3) is 0 Å². The van der Waals surface area contributed by atoms with Gasteiger partial charge in [-0.05, 0) is 13.8 Å². The molecule has 0 spiro atoms. The molecule has 88 valence electrons. The molecule has 16 heavy (non-hydrogen) atoms. The number of anilines is 1. The van der Waals surface area contributed by atoms with E-state index in [0.29, 0.717) is 5.69 Å². The van der Waals surface area contributed by atoms with Crippen LogP contribution in [0, 0.1) is 0 Å². The molecule has 0 aliphatic heterocycles. The maximum absolute atomic E-state index is 10.6. The lowest BCUT2D eigenvalue weighted by Crippen LogP contribution is -2.33. The van der Waals surface area contributed by atoms with E-state index in [1.54, 1.807) is 13.8 Å². The predicted octanol–water partition coefficient (Wildman–Crippen LogP) is 2.45. The number of carbonyl (C=O) groups is 1. The van der Waals surface area contributed by atoms with Crippen LogP contribution in [-0.2, 0) is 4.79 Å². The molecule has 2 N–H and O–H groups in total. The molecule has 1 heterocycles. The highest BCUT2D eigenvalue weighted by Gasteiger charge is 2.22. The fourth-order valence-electron chi connectivity index (χ4n) is 1.23. The maximum atomic E-state index is 10.6. The molecule has 0 fully saturated rings. The second-order valence-electron chi connectivity index (χ2n) is 3.95. The fourth-order valence-corrected chi connectivity index (χ4v) is 1.51. The van der Waals surface area contributed by atoms with E-state index in [1.165, 1.54) is 6.07 Å². The predicted molar refractivity (Wildman–Crippen MR) is 62.0 cm³/mol. The number of rotatable bonds is 4. The molecule has 0 bridgehead atoms. The van der Waals surface area contributed by atoms with Gasteiger partial charge in [-0.1, -0.05) is 23.2 Å². The van der Waals surface area contributed by atoms with E-state index in [0.717, 1.165) is 0 Å². The van der Waals surface area contributed by atoms with E-state index in [-0.39, 0.29) is 16.7 Å². The van der Waals surface area contributed by atoms with Crippen LogP contribution in [0.25, 0.3) is 0 Å². The number of aromatic nitrogens is 2. The number of aliphatic carboxylic acids is 1. The van der Waals surface area contributed by atoms with Crippen LogP contribution in [0.3, 0.4) is 0 Å². The Morgan fingerprint density at radius 3 is 2.69 bits per heavy atom. The number of halogens is 2. The topological polar surface area (TPSA) is 75.1 Å². The van der Waals surface area contributed by atoms with Crippen molar-refractivity contribution in [2.24, 2.45) is 0 Å². The van der Waals surface area contributed by atoms with Crippen LogP contribution in [0.4, 0.5) is 5.69 Å². The molecule has 1 aromatic rings. The van der Waals surface area contributed by atoms with E-state index < -0.39 is 11.5 Å². The molecule has 1 rings (SSSR count). The molecule has 0 saturated heterocycles. The molecule has 0 atom stereocenters. The maximum Gasteiger partial charge on any atom is 0.305 e. The first-order chi connectivity index (χ1) is 7.30. The quantitative estimate of drug-likeness (QED) is 0.873. The third-order valence-corrected chi connectivity index (χ3v) is 2.25.